The number of hydrogen-bond donors (Lipinski definition) is 1. The van der Waals surface area contributed by atoms with E-state index in [1.54, 1.807) is 24.4 Å². The molecule has 0 fully saturated rings. The van der Waals surface area contributed by atoms with Crippen LogP contribution in [0, 0.1) is 0 Å². The number of phenols is 1. The number of rotatable bonds is 6. The number of hydrogen-bond acceptors (Lipinski definition) is 4. The Labute approximate surface area is 124 Å². The summed E-state index contributed by atoms with van der Waals surface area (Å²) in [5.41, 5.74) is 1.33. The number of nitrogens with zero attached hydrogens (tertiary/aromatic N) is 1. The van der Waals surface area contributed by atoms with Gasteiger partial charge in [-0.2, -0.15) is 0 Å². The molecule has 0 unspecified atom stereocenters. The van der Waals surface area contributed by atoms with E-state index in [2.05, 4.69) is 11.9 Å². The Hall–Kier alpha value is -2.49. The minimum Gasteiger partial charge on any atom is -0.504 e. The highest BCUT2D eigenvalue weighted by atomic mass is 16.5. The van der Waals surface area contributed by atoms with Gasteiger partial charge in [0.25, 0.3) is 0 Å². The number of phenolic OH excluding ortho intramolecular Hbond substituents is 1. The average molecular weight is 285 g/mol. The molecule has 0 aliphatic heterocycles. The summed E-state index contributed by atoms with van der Waals surface area (Å²) in [6, 6.07) is 12.8. The van der Waals surface area contributed by atoms with Crippen molar-refractivity contribution in [2.45, 2.75) is 13.3 Å². The van der Waals surface area contributed by atoms with E-state index in [-0.39, 0.29) is 5.75 Å². The van der Waals surface area contributed by atoms with Crippen LogP contribution in [0.25, 0.3) is 0 Å². The van der Waals surface area contributed by atoms with Crippen molar-refractivity contribution >= 4 is 11.9 Å². The summed E-state index contributed by atoms with van der Waals surface area (Å²) < 4.78 is 10.7. The van der Waals surface area contributed by atoms with Crippen molar-refractivity contribution in [3.05, 3.63) is 48.0 Å². The molecule has 2 rings (SSSR count). The van der Waals surface area contributed by atoms with Crippen LogP contribution >= 0.6 is 0 Å². The van der Waals surface area contributed by atoms with Crippen molar-refractivity contribution in [1.29, 1.82) is 0 Å². The molecule has 4 nitrogen and oxygen atoms in total. The Morgan fingerprint density at radius 1 is 1.10 bits per heavy atom. The lowest BCUT2D eigenvalue weighted by Gasteiger charge is -2.08. The Balaban J connectivity index is 2.25. The number of para-hydroxylation sites is 3. The van der Waals surface area contributed by atoms with Gasteiger partial charge in [0.1, 0.15) is 11.4 Å². The highest BCUT2D eigenvalue weighted by Crippen LogP contribution is 2.30. The molecule has 0 aromatic heterocycles. The summed E-state index contributed by atoms with van der Waals surface area (Å²) >= 11 is 0. The van der Waals surface area contributed by atoms with Crippen molar-refractivity contribution in [3.8, 4) is 17.2 Å². The molecule has 0 amide bonds. The maximum atomic E-state index is 10.0. The molecule has 110 valence electrons. The fraction of sp³-hybridized carbons (Fsp3) is 0.235. The summed E-state index contributed by atoms with van der Waals surface area (Å²) in [5, 5.41) is 10.0. The fourth-order valence-electron chi connectivity index (χ4n) is 1.85. The van der Waals surface area contributed by atoms with E-state index in [4.69, 9.17) is 9.47 Å². The van der Waals surface area contributed by atoms with Crippen LogP contribution < -0.4 is 9.47 Å². The molecule has 0 heterocycles. The molecule has 4 heteroatoms. The molecule has 21 heavy (non-hydrogen) atoms. The lowest BCUT2D eigenvalue weighted by Crippen LogP contribution is -1.95. The molecule has 0 saturated heterocycles. The van der Waals surface area contributed by atoms with Gasteiger partial charge < -0.3 is 14.6 Å². The Morgan fingerprint density at radius 3 is 2.62 bits per heavy atom. The van der Waals surface area contributed by atoms with Crippen LogP contribution in [0.3, 0.4) is 0 Å². The monoisotopic (exact) mass is 285 g/mol. The van der Waals surface area contributed by atoms with Gasteiger partial charge in [-0.25, -0.2) is 0 Å². The zero-order valence-electron chi connectivity index (χ0n) is 12.2. The molecule has 2 aromatic rings. The maximum Gasteiger partial charge on any atom is 0.166 e. The minimum atomic E-state index is 0.0794. The number of benzene rings is 2. The van der Waals surface area contributed by atoms with Crippen molar-refractivity contribution in [2.24, 2.45) is 4.99 Å². The van der Waals surface area contributed by atoms with Gasteiger partial charge in [-0.3, -0.25) is 4.99 Å². The highest BCUT2D eigenvalue weighted by molar-refractivity contribution is 5.87. The van der Waals surface area contributed by atoms with Gasteiger partial charge in [0, 0.05) is 11.8 Å². The lowest BCUT2D eigenvalue weighted by molar-refractivity contribution is 0.318. The van der Waals surface area contributed by atoms with Crippen molar-refractivity contribution < 1.29 is 14.6 Å². The first-order chi connectivity index (χ1) is 10.3. The summed E-state index contributed by atoms with van der Waals surface area (Å²) in [5.74, 6) is 1.24. The molecule has 0 bridgehead atoms. The SMILES string of the molecule is CCCOc1ccccc1N=Cc1cccc(OC)c1O. The third-order valence-corrected chi connectivity index (χ3v) is 2.92. The van der Waals surface area contributed by atoms with Crippen LogP contribution in [0.4, 0.5) is 5.69 Å². The summed E-state index contributed by atoms with van der Waals surface area (Å²) in [7, 11) is 1.52. The van der Waals surface area contributed by atoms with E-state index in [0.717, 1.165) is 17.9 Å². The quantitative estimate of drug-likeness (QED) is 0.818. The third kappa shape index (κ3) is 3.75. The van der Waals surface area contributed by atoms with Gasteiger partial charge in [0.2, 0.25) is 0 Å². The first-order valence-corrected chi connectivity index (χ1v) is 6.88. The highest BCUT2D eigenvalue weighted by Gasteiger charge is 2.05. The second kappa shape index (κ2) is 7.33. The second-order valence-corrected chi connectivity index (χ2v) is 4.47. The smallest absolute Gasteiger partial charge is 0.166 e. The predicted octanol–water partition coefficient (Wildman–Crippen LogP) is 3.94. The zero-order valence-corrected chi connectivity index (χ0v) is 12.2. The molecule has 1 N–H and O–H groups in total. The van der Waals surface area contributed by atoms with Crippen LogP contribution in [0.15, 0.2) is 47.5 Å². The van der Waals surface area contributed by atoms with E-state index in [0.29, 0.717) is 17.9 Å². The fourth-order valence-corrected chi connectivity index (χ4v) is 1.85. The van der Waals surface area contributed by atoms with Crippen LogP contribution in [0.2, 0.25) is 0 Å². The van der Waals surface area contributed by atoms with Crippen molar-refractivity contribution in [1.82, 2.24) is 0 Å². The molecular weight excluding hydrogens is 266 g/mol. The van der Waals surface area contributed by atoms with Gasteiger partial charge in [-0.1, -0.05) is 25.1 Å². The van der Waals surface area contributed by atoms with Crippen LogP contribution in [0.5, 0.6) is 17.2 Å². The molecule has 0 spiro atoms. The molecule has 0 saturated carbocycles. The number of aliphatic imine (C=N–C) groups is 1. The van der Waals surface area contributed by atoms with Gasteiger partial charge in [0.05, 0.1) is 13.7 Å². The first-order valence-electron chi connectivity index (χ1n) is 6.88. The van der Waals surface area contributed by atoms with Crippen molar-refractivity contribution in [2.75, 3.05) is 13.7 Å². The number of aromatic hydroxyl groups is 1. The van der Waals surface area contributed by atoms with Gasteiger partial charge in [-0.05, 0) is 30.7 Å². The molecule has 0 aliphatic rings. The molecular formula is C17H19NO3. The zero-order chi connectivity index (χ0) is 15.1. The van der Waals surface area contributed by atoms with Gasteiger partial charge in [-0.15, -0.1) is 0 Å². The van der Waals surface area contributed by atoms with E-state index >= 15 is 0 Å². The molecule has 0 radical (unpaired) electrons. The lowest BCUT2D eigenvalue weighted by atomic mass is 10.2. The number of methoxy groups -OCH3 is 1. The average Bonchev–Trinajstić information content (AvgIpc) is 2.52. The summed E-state index contributed by atoms with van der Waals surface area (Å²) in [6.07, 6.45) is 2.54. The van der Waals surface area contributed by atoms with E-state index < -0.39 is 0 Å². The maximum absolute atomic E-state index is 10.0. The third-order valence-electron chi connectivity index (χ3n) is 2.92. The molecule has 2 aromatic carbocycles. The summed E-state index contributed by atoms with van der Waals surface area (Å²) in [4.78, 5) is 4.40. The van der Waals surface area contributed by atoms with E-state index in [1.807, 2.05) is 24.3 Å². The van der Waals surface area contributed by atoms with E-state index in [1.165, 1.54) is 7.11 Å². The minimum absolute atomic E-state index is 0.0794. The Kier molecular flexibility index (Phi) is 5.21. The van der Waals surface area contributed by atoms with Gasteiger partial charge >= 0.3 is 0 Å². The summed E-state index contributed by atoms with van der Waals surface area (Å²) in [6.45, 7) is 2.71. The molecule has 0 atom stereocenters. The van der Waals surface area contributed by atoms with Crippen LogP contribution in [-0.2, 0) is 0 Å². The van der Waals surface area contributed by atoms with Crippen LogP contribution in [0.1, 0.15) is 18.9 Å². The van der Waals surface area contributed by atoms with E-state index in [9.17, 15) is 5.11 Å². The number of ether oxygens (including phenoxy) is 2. The van der Waals surface area contributed by atoms with Crippen LogP contribution in [-0.4, -0.2) is 25.0 Å². The first kappa shape index (κ1) is 14.9. The largest absolute Gasteiger partial charge is 0.504 e. The normalized spacial score (nSPS) is 10.8. The predicted molar refractivity (Wildman–Crippen MR) is 84.1 cm³/mol. The van der Waals surface area contributed by atoms with Gasteiger partial charge in [0.15, 0.2) is 11.5 Å². The van der Waals surface area contributed by atoms with Crippen molar-refractivity contribution in [3.63, 3.8) is 0 Å². The Morgan fingerprint density at radius 2 is 1.86 bits per heavy atom. The topological polar surface area (TPSA) is 51.0 Å². The molecule has 0 aliphatic carbocycles. The standard InChI is InChI=1S/C17H19NO3/c1-3-11-21-15-9-5-4-8-14(15)18-12-13-7-6-10-16(20-2)17(13)19/h4-10,12,19H,3,11H2,1-2H3. The Bertz CT molecular complexity index is 623. The second-order valence-electron chi connectivity index (χ2n) is 4.47.